The Labute approximate surface area is 330 Å². The first-order chi connectivity index (χ1) is 26.4. The van der Waals surface area contributed by atoms with Crippen LogP contribution in [-0.2, 0) is 39.7 Å². The molecule has 1 aliphatic carbocycles. The molecule has 54 heavy (non-hydrogen) atoms. The van der Waals surface area contributed by atoms with Gasteiger partial charge in [0.15, 0.2) is 12.6 Å². The van der Waals surface area contributed by atoms with Gasteiger partial charge in [0.05, 0.1) is 24.8 Å². The lowest BCUT2D eigenvalue weighted by Gasteiger charge is -2.54. The molecule has 1 unspecified atom stereocenters. The Morgan fingerprint density at radius 3 is 2.33 bits per heavy atom. The largest absolute Gasteiger partial charge is 0.464 e. The van der Waals surface area contributed by atoms with Gasteiger partial charge in [-0.25, -0.2) is 0 Å². The molecule has 11 nitrogen and oxygen atoms in total. The average molecular weight is 790 g/mol. The number of ether oxygens (including phenoxy) is 5. The molecule has 1 saturated carbocycles. The molecule has 3 aliphatic heterocycles. The number of alkyl halides is 2. The number of rotatable bonds is 17. The molecule has 6 atom stereocenters. The molecular formula is C41H58Cl2N4O7. The molecule has 13 heteroatoms. The summed E-state index contributed by atoms with van der Waals surface area (Å²) in [5.74, 6) is 0.807. The highest BCUT2D eigenvalue weighted by molar-refractivity contribution is 6.18. The summed E-state index contributed by atoms with van der Waals surface area (Å²) in [4.78, 5) is 32.2. The van der Waals surface area contributed by atoms with Gasteiger partial charge < -0.3 is 33.9 Å². The summed E-state index contributed by atoms with van der Waals surface area (Å²) in [5, 5.41) is 3.22. The van der Waals surface area contributed by atoms with E-state index in [9.17, 15) is 9.59 Å². The Hall–Kier alpha value is -2.48. The zero-order chi connectivity index (χ0) is 37.7. The van der Waals surface area contributed by atoms with Gasteiger partial charge >= 0.3 is 5.97 Å². The number of hydrogen-bond acceptors (Lipinski definition) is 10. The summed E-state index contributed by atoms with van der Waals surface area (Å²) in [6, 6.07) is 17.8. The number of fused-ring (bicyclic) bond motifs is 1. The predicted octanol–water partition coefficient (Wildman–Crippen LogP) is 5.52. The third-order valence-corrected chi connectivity index (χ3v) is 11.4. The van der Waals surface area contributed by atoms with Crippen LogP contribution in [-0.4, -0.2) is 129 Å². The summed E-state index contributed by atoms with van der Waals surface area (Å²) in [7, 11) is 0. The van der Waals surface area contributed by atoms with Crippen LogP contribution in [0.15, 0.2) is 54.6 Å². The van der Waals surface area contributed by atoms with E-state index in [1.807, 2.05) is 30.3 Å². The van der Waals surface area contributed by atoms with Gasteiger partial charge in [0.25, 0.3) is 0 Å². The van der Waals surface area contributed by atoms with E-state index in [2.05, 4.69) is 44.3 Å². The number of esters is 1. The average Bonchev–Trinajstić information content (AvgIpc) is 3.19. The Bertz CT molecular complexity index is 1420. The summed E-state index contributed by atoms with van der Waals surface area (Å²) in [5.41, 5.74) is 3.24. The van der Waals surface area contributed by atoms with Gasteiger partial charge in [-0.2, -0.15) is 0 Å². The zero-order valence-electron chi connectivity index (χ0n) is 31.6. The van der Waals surface area contributed by atoms with Crippen LogP contribution >= 0.6 is 23.2 Å². The van der Waals surface area contributed by atoms with Crippen molar-refractivity contribution in [2.24, 2.45) is 0 Å². The lowest BCUT2D eigenvalue weighted by molar-refractivity contribution is -0.343. The Morgan fingerprint density at radius 2 is 1.65 bits per heavy atom. The summed E-state index contributed by atoms with van der Waals surface area (Å²) in [6.07, 6.45) is 5.72. The first-order valence-electron chi connectivity index (χ1n) is 19.9. The highest BCUT2D eigenvalue weighted by Gasteiger charge is 2.53. The number of piperazine rings is 1. The molecule has 3 saturated heterocycles. The van der Waals surface area contributed by atoms with Crippen molar-refractivity contribution in [2.45, 2.75) is 101 Å². The monoisotopic (exact) mass is 788 g/mol. The molecule has 0 bridgehead atoms. The van der Waals surface area contributed by atoms with Gasteiger partial charge in [0.1, 0.15) is 18.8 Å². The third-order valence-electron chi connectivity index (χ3n) is 11.0. The number of halogens is 2. The number of hydrogen-bond donors (Lipinski definition) is 1. The second kappa shape index (κ2) is 21.2. The summed E-state index contributed by atoms with van der Waals surface area (Å²) < 4.78 is 31.9. The first kappa shape index (κ1) is 41.2. The van der Waals surface area contributed by atoms with Crippen LogP contribution in [0.2, 0.25) is 0 Å². The summed E-state index contributed by atoms with van der Waals surface area (Å²) >= 11 is 11.9. The van der Waals surface area contributed by atoms with E-state index in [1.165, 1.54) is 12.0 Å². The normalized spacial score (nSPS) is 26.9. The number of aryl methyl sites for hydroxylation is 1. The maximum Gasteiger partial charge on any atom is 0.305 e. The molecular weight excluding hydrogens is 731 g/mol. The van der Waals surface area contributed by atoms with Crippen molar-refractivity contribution in [2.75, 3.05) is 75.7 Å². The highest BCUT2D eigenvalue weighted by Crippen LogP contribution is 2.38. The highest BCUT2D eigenvalue weighted by atomic mass is 35.5. The Kier molecular flexibility index (Phi) is 16.1. The van der Waals surface area contributed by atoms with Crippen LogP contribution in [0.25, 0.3) is 0 Å². The van der Waals surface area contributed by atoms with Gasteiger partial charge in [-0.1, -0.05) is 61.7 Å². The van der Waals surface area contributed by atoms with Gasteiger partial charge in [-0.05, 0) is 43.4 Å². The Morgan fingerprint density at radius 1 is 0.926 bits per heavy atom. The molecule has 6 rings (SSSR count). The molecule has 0 radical (unpaired) electrons. The lowest BCUT2D eigenvalue weighted by atomic mass is 9.90. The van der Waals surface area contributed by atoms with E-state index >= 15 is 0 Å². The number of anilines is 1. The minimum atomic E-state index is -0.604. The number of nitrogens with zero attached hydrogens (tertiary/aromatic N) is 3. The quantitative estimate of drug-likeness (QED) is 0.163. The standard InChI is InChI=1S/C41H58Cl2N4O7/c1-30(48)44-37-38(39-35(53-41(37)52-34-12-6-3-7-13-34)29-51-40(54-39)32-10-4-2-5-11-32)47-25-23-45(24-26-47)27-28-50-36(49)14-8-9-31-15-17-33(18-16-31)46(21-19-42)22-20-43/h2,4-5,10-11,15-18,34-35,37-41H,3,6-9,12-14,19-29H2,1H3,(H,44,48)/t35-,37-,38-,39-,40?,41-/m1/s1. The number of carbonyl (C=O) groups excluding carboxylic acids is 2. The number of amides is 1. The molecule has 2 aromatic carbocycles. The smallest absolute Gasteiger partial charge is 0.305 e. The van der Waals surface area contributed by atoms with E-state index in [4.69, 9.17) is 46.9 Å². The molecule has 4 aliphatic rings. The molecule has 4 fully saturated rings. The van der Waals surface area contributed by atoms with Crippen LogP contribution in [0.1, 0.15) is 69.3 Å². The number of carbonyl (C=O) groups is 2. The van der Waals surface area contributed by atoms with E-state index < -0.39 is 18.6 Å². The van der Waals surface area contributed by atoms with Crippen LogP contribution in [0, 0.1) is 0 Å². The minimum Gasteiger partial charge on any atom is -0.464 e. The van der Waals surface area contributed by atoms with Crippen molar-refractivity contribution >= 4 is 40.8 Å². The maximum absolute atomic E-state index is 12.7. The van der Waals surface area contributed by atoms with Crippen LogP contribution in [0.5, 0.6) is 0 Å². The van der Waals surface area contributed by atoms with Gasteiger partial charge in [0.2, 0.25) is 5.91 Å². The molecule has 0 aromatic heterocycles. The SMILES string of the molecule is CC(=O)N[C@H]1[C@H](OC2CCCCC2)O[C@@H]2COC(c3ccccc3)O[C@H]2[C@@H]1N1CCN(CCOC(=O)CCCc2ccc(N(CCCl)CCCl)cc2)CC1. The minimum absolute atomic E-state index is 0.102. The van der Waals surface area contributed by atoms with Crippen molar-refractivity contribution in [3.8, 4) is 0 Å². The van der Waals surface area contributed by atoms with Gasteiger partial charge in [0, 0.05) is 82.2 Å². The molecule has 298 valence electrons. The third kappa shape index (κ3) is 11.5. The predicted molar refractivity (Wildman–Crippen MR) is 210 cm³/mol. The van der Waals surface area contributed by atoms with E-state index in [-0.39, 0.29) is 36.2 Å². The first-order valence-corrected chi connectivity index (χ1v) is 21.0. The van der Waals surface area contributed by atoms with Crippen molar-refractivity contribution in [3.63, 3.8) is 0 Å². The maximum atomic E-state index is 12.7. The van der Waals surface area contributed by atoms with E-state index in [0.29, 0.717) is 37.9 Å². The van der Waals surface area contributed by atoms with Crippen LogP contribution in [0.3, 0.4) is 0 Å². The fourth-order valence-electron chi connectivity index (χ4n) is 8.23. The van der Waals surface area contributed by atoms with Gasteiger partial charge in [-0.3, -0.25) is 19.4 Å². The molecule has 2 aromatic rings. The van der Waals surface area contributed by atoms with Crippen molar-refractivity contribution in [1.82, 2.24) is 15.1 Å². The molecule has 0 spiro atoms. The number of nitrogens with one attached hydrogen (secondary N) is 1. The second-order valence-electron chi connectivity index (χ2n) is 14.8. The van der Waals surface area contributed by atoms with Crippen LogP contribution in [0.4, 0.5) is 5.69 Å². The van der Waals surface area contributed by atoms with Crippen molar-refractivity contribution in [3.05, 3.63) is 65.7 Å². The fourth-order valence-corrected chi connectivity index (χ4v) is 8.64. The number of benzene rings is 2. The summed E-state index contributed by atoms with van der Waals surface area (Å²) in [6.45, 7) is 7.59. The van der Waals surface area contributed by atoms with Gasteiger partial charge in [-0.15, -0.1) is 23.2 Å². The molecule has 1 N–H and O–H groups in total. The van der Waals surface area contributed by atoms with Crippen LogP contribution < -0.4 is 10.2 Å². The fraction of sp³-hybridized carbons (Fsp3) is 0.659. The van der Waals surface area contributed by atoms with E-state index in [0.717, 1.165) is 89.0 Å². The van der Waals surface area contributed by atoms with Crippen molar-refractivity contribution in [1.29, 1.82) is 0 Å². The van der Waals surface area contributed by atoms with Crippen molar-refractivity contribution < 1.29 is 33.3 Å². The topological polar surface area (TPSA) is 102 Å². The Balaban J connectivity index is 1.00. The molecule has 3 heterocycles. The van der Waals surface area contributed by atoms with E-state index in [1.54, 1.807) is 6.92 Å². The zero-order valence-corrected chi connectivity index (χ0v) is 33.1. The molecule has 1 amide bonds. The second-order valence-corrected chi connectivity index (χ2v) is 15.6. The lowest BCUT2D eigenvalue weighted by Crippen LogP contribution is -2.72.